The van der Waals surface area contributed by atoms with Crippen molar-refractivity contribution in [2.45, 2.75) is 6.04 Å². The number of pyridine rings is 1. The van der Waals surface area contributed by atoms with Crippen LogP contribution in [0.25, 0.3) is 0 Å². The van der Waals surface area contributed by atoms with Crippen molar-refractivity contribution in [1.82, 2.24) is 10.3 Å². The number of hydrogen-bond donors (Lipinski definition) is 1. The molecule has 0 radical (unpaired) electrons. The van der Waals surface area contributed by atoms with Gasteiger partial charge in [0.1, 0.15) is 5.82 Å². The summed E-state index contributed by atoms with van der Waals surface area (Å²) in [5, 5.41) is 3.01. The third-order valence-corrected chi connectivity index (χ3v) is 2.86. The highest BCUT2D eigenvalue weighted by Crippen LogP contribution is 2.26. The van der Waals surface area contributed by atoms with Gasteiger partial charge in [-0.2, -0.15) is 0 Å². The van der Waals surface area contributed by atoms with Gasteiger partial charge in [-0.15, -0.1) is 0 Å². The Hall–Kier alpha value is -2.01. The van der Waals surface area contributed by atoms with Crippen LogP contribution in [0.1, 0.15) is 17.2 Å². The highest BCUT2D eigenvalue weighted by molar-refractivity contribution is 5.35. The first-order valence-electron chi connectivity index (χ1n) is 5.77. The van der Waals surface area contributed by atoms with Crippen LogP contribution in [-0.4, -0.2) is 19.1 Å². The van der Waals surface area contributed by atoms with Crippen molar-refractivity contribution in [1.29, 1.82) is 0 Å². The standard InChI is InChI=1S/C14H14F2N2O/c1-17-14(10-5-11(15)8-18-7-10)9-3-4-13(19-2)12(16)6-9/h3-8,14,17H,1-2H3. The van der Waals surface area contributed by atoms with E-state index >= 15 is 0 Å². The Bertz CT molecular complexity index is 575. The average Bonchev–Trinajstić information content (AvgIpc) is 2.40. The molecule has 0 fully saturated rings. The van der Waals surface area contributed by atoms with E-state index in [0.717, 1.165) is 6.20 Å². The smallest absolute Gasteiger partial charge is 0.165 e. The molecule has 2 aromatic rings. The summed E-state index contributed by atoms with van der Waals surface area (Å²) < 4.78 is 31.8. The molecule has 1 atom stereocenters. The summed E-state index contributed by atoms with van der Waals surface area (Å²) in [5.41, 5.74) is 1.31. The highest BCUT2D eigenvalue weighted by atomic mass is 19.1. The van der Waals surface area contributed by atoms with E-state index in [-0.39, 0.29) is 11.8 Å². The Morgan fingerprint density at radius 3 is 2.53 bits per heavy atom. The minimum Gasteiger partial charge on any atom is -0.494 e. The second-order valence-corrected chi connectivity index (χ2v) is 4.05. The molecule has 0 saturated carbocycles. The molecule has 19 heavy (non-hydrogen) atoms. The maximum Gasteiger partial charge on any atom is 0.165 e. The summed E-state index contributed by atoms with van der Waals surface area (Å²) in [5.74, 6) is -0.702. The van der Waals surface area contributed by atoms with E-state index in [1.165, 1.54) is 19.2 Å². The normalized spacial score (nSPS) is 12.2. The quantitative estimate of drug-likeness (QED) is 0.922. The lowest BCUT2D eigenvalue weighted by molar-refractivity contribution is 0.386. The third-order valence-electron chi connectivity index (χ3n) is 2.86. The molecule has 0 spiro atoms. The number of nitrogens with zero attached hydrogens (tertiary/aromatic N) is 1. The van der Waals surface area contributed by atoms with Crippen molar-refractivity contribution in [3.63, 3.8) is 0 Å². The first-order valence-corrected chi connectivity index (χ1v) is 5.77. The Balaban J connectivity index is 2.39. The van der Waals surface area contributed by atoms with Gasteiger partial charge in [0.05, 0.1) is 19.3 Å². The number of aromatic nitrogens is 1. The molecular formula is C14H14F2N2O. The molecule has 2 rings (SSSR count). The third kappa shape index (κ3) is 2.88. The van der Waals surface area contributed by atoms with Crippen molar-refractivity contribution in [3.05, 3.63) is 59.4 Å². The van der Waals surface area contributed by atoms with Crippen LogP contribution in [0.2, 0.25) is 0 Å². The van der Waals surface area contributed by atoms with Gasteiger partial charge in [0, 0.05) is 6.20 Å². The number of nitrogens with one attached hydrogen (secondary N) is 1. The van der Waals surface area contributed by atoms with Crippen LogP contribution >= 0.6 is 0 Å². The molecule has 0 bridgehead atoms. The molecule has 3 nitrogen and oxygen atoms in total. The maximum absolute atomic E-state index is 13.7. The number of halogens is 2. The first-order chi connectivity index (χ1) is 9.15. The Morgan fingerprint density at radius 1 is 1.16 bits per heavy atom. The molecule has 0 aliphatic rings. The minimum absolute atomic E-state index is 0.177. The Labute approximate surface area is 110 Å². The monoisotopic (exact) mass is 264 g/mol. The van der Waals surface area contributed by atoms with E-state index in [1.807, 2.05) is 0 Å². The maximum atomic E-state index is 13.7. The van der Waals surface area contributed by atoms with E-state index in [2.05, 4.69) is 10.3 Å². The van der Waals surface area contributed by atoms with Crippen LogP contribution in [0.15, 0.2) is 36.7 Å². The highest BCUT2D eigenvalue weighted by Gasteiger charge is 2.15. The van der Waals surface area contributed by atoms with Gasteiger partial charge in [0.2, 0.25) is 0 Å². The molecule has 100 valence electrons. The summed E-state index contributed by atoms with van der Waals surface area (Å²) in [6.45, 7) is 0. The molecule has 0 amide bonds. The van der Waals surface area contributed by atoms with Crippen LogP contribution in [0.3, 0.4) is 0 Å². The SMILES string of the molecule is CNC(c1cncc(F)c1)c1ccc(OC)c(F)c1. The molecule has 1 aromatic carbocycles. The summed E-state index contributed by atoms with van der Waals surface area (Å²) in [4.78, 5) is 3.80. The first kappa shape index (κ1) is 13.4. The van der Waals surface area contributed by atoms with Crippen molar-refractivity contribution in [2.24, 2.45) is 0 Å². The topological polar surface area (TPSA) is 34.2 Å². The lowest BCUT2D eigenvalue weighted by Crippen LogP contribution is -2.18. The van der Waals surface area contributed by atoms with Crippen molar-refractivity contribution >= 4 is 0 Å². The van der Waals surface area contributed by atoms with Crippen LogP contribution in [0, 0.1) is 11.6 Å². The molecular weight excluding hydrogens is 250 g/mol. The Morgan fingerprint density at radius 2 is 1.95 bits per heavy atom. The fourth-order valence-electron chi connectivity index (χ4n) is 1.97. The number of benzene rings is 1. The van der Waals surface area contributed by atoms with Crippen LogP contribution in [0.4, 0.5) is 8.78 Å². The molecule has 0 aliphatic heterocycles. The number of ether oxygens (including phenoxy) is 1. The van der Waals surface area contributed by atoms with Crippen LogP contribution in [0.5, 0.6) is 5.75 Å². The summed E-state index contributed by atoms with van der Waals surface area (Å²) >= 11 is 0. The van der Waals surface area contributed by atoms with Gasteiger partial charge < -0.3 is 10.1 Å². The number of hydrogen-bond acceptors (Lipinski definition) is 3. The van der Waals surface area contributed by atoms with E-state index in [4.69, 9.17) is 4.74 Å². The van der Waals surface area contributed by atoms with E-state index < -0.39 is 11.6 Å². The fraction of sp³-hybridized carbons (Fsp3) is 0.214. The predicted molar refractivity (Wildman–Crippen MR) is 68.0 cm³/mol. The second kappa shape index (κ2) is 5.75. The van der Waals surface area contributed by atoms with Gasteiger partial charge in [0.25, 0.3) is 0 Å². The average molecular weight is 264 g/mol. The van der Waals surface area contributed by atoms with Crippen LogP contribution < -0.4 is 10.1 Å². The zero-order valence-electron chi connectivity index (χ0n) is 10.7. The fourth-order valence-corrected chi connectivity index (χ4v) is 1.97. The summed E-state index contributed by atoms with van der Waals surface area (Å²) in [6.07, 6.45) is 2.68. The summed E-state index contributed by atoms with van der Waals surface area (Å²) in [7, 11) is 3.13. The van der Waals surface area contributed by atoms with Gasteiger partial charge in [-0.25, -0.2) is 8.78 Å². The second-order valence-electron chi connectivity index (χ2n) is 4.05. The number of methoxy groups -OCH3 is 1. The molecule has 1 N–H and O–H groups in total. The lowest BCUT2D eigenvalue weighted by atomic mass is 10.00. The summed E-state index contributed by atoms with van der Waals surface area (Å²) in [6, 6.07) is 5.68. The Kier molecular flexibility index (Phi) is 4.06. The van der Waals surface area contributed by atoms with E-state index in [0.29, 0.717) is 11.1 Å². The molecule has 0 aliphatic carbocycles. The van der Waals surface area contributed by atoms with Gasteiger partial charge in [-0.05, 0) is 36.4 Å². The van der Waals surface area contributed by atoms with Crippen molar-refractivity contribution in [3.8, 4) is 5.75 Å². The van der Waals surface area contributed by atoms with Gasteiger partial charge >= 0.3 is 0 Å². The molecule has 1 aromatic heterocycles. The van der Waals surface area contributed by atoms with Crippen molar-refractivity contribution < 1.29 is 13.5 Å². The molecule has 1 heterocycles. The van der Waals surface area contributed by atoms with E-state index in [1.54, 1.807) is 25.4 Å². The van der Waals surface area contributed by atoms with E-state index in [9.17, 15) is 8.78 Å². The van der Waals surface area contributed by atoms with Gasteiger partial charge in [-0.3, -0.25) is 4.98 Å². The van der Waals surface area contributed by atoms with Crippen LogP contribution in [-0.2, 0) is 0 Å². The predicted octanol–water partition coefficient (Wildman–Crippen LogP) is 2.68. The molecule has 0 saturated heterocycles. The van der Waals surface area contributed by atoms with Crippen molar-refractivity contribution in [2.75, 3.05) is 14.2 Å². The number of rotatable bonds is 4. The lowest BCUT2D eigenvalue weighted by Gasteiger charge is -2.17. The van der Waals surface area contributed by atoms with Gasteiger partial charge in [0.15, 0.2) is 11.6 Å². The van der Waals surface area contributed by atoms with Gasteiger partial charge in [-0.1, -0.05) is 6.07 Å². The molecule has 5 heteroatoms. The zero-order chi connectivity index (χ0) is 13.8. The zero-order valence-corrected chi connectivity index (χ0v) is 10.7. The largest absolute Gasteiger partial charge is 0.494 e. The minimum atomic E-state index is -0.454. The molecule has 1 unspecified atom stereocenters.